The smallest absolute Gasteiger partial charge is 0.348 e. The van der Waals surface area contributed by atoms with Crippen molar-refractivity contribution in [2.24, 2.45) is 5.92 Å². The van der Waals surface area contributed by atoms with Crippen molar-refractivity contribution in [3.63, 3.8) is 0 Å². The second kappa shape index (κ2) is 9.49. The van der Waals surface area contributed by atoms with E-state index in [4.69, 9.17) is 11.6 Å². The quantitative estimate of drug-likeness (QED) is 0.413. The Bertz CT molecular complexity index is 1100. The maximum atomic E-state index is 12.8. The molecule has 4 rings (SSSR count). The van der Waals surface area contributed by atoms with Crippen LogP contribution in [-0.4, -0.2) is 32.0 Å². The Balaban J connectivity index is 1.57. The predicted octanol–water partition coefficient (Wildman–Crippen LogP) is 3.90. The molecular formula is C23H25ClN4O3. The lowest BCUT2D eigenvalue weighted by molar-refractivity contribution is 0.0532. The summed E-state index contributed by atoms with van der Waals surface area (Å²) in [5, 5.41) is 17.8. The number of benzene rings is 2. The Morgan fingerprint density at radius 3 is 2.55 bits per heavy atom. The summed E-state index contributed by atoms with van der Waals surface area (Å²) in [6.07, 6.45) is 5.28. The Morgan fingerprint density at radius 1 is 1.13 bits per heavy atom. The molecule has 1 aliphatic rings. The van der Waals surface area contributed by atoms with E-state index < -0.39 is 17.8 Å². The Kier molecular flexibility index (Phi) is 6.53. The zero-order chi connectivity index (χ0) is 21.8. The molecule has 0 saturated heterocycles. The molecule has 1 aliphatic carbocycles. The van der Waals surface area contributed by atoms with Crippen molar-refractivity contribution in [1.82, 2.24) is 20.1 Å². The zero-order valence-corrected chi connectivity index (χ0v) is 17.8. The van der Waals surface area contributed by atoms with Gasteiger partial charge in [0.2, 0.25) is 0 Å². The van der Waals surface area contributed by atoms with E-state index in [1.165, 1.54) is 10.7 Å². The van der Waals surface area contributed by atoms with E-state index in [2.05, 4.69) is 15.4 Å². The minimum atomic E-state index is -0.928. The number of nitrogens with zero attached hydrogens (tertiary/aromatic N) is 2. The number of H-pyrrole nitrogens is 1. The fraction of sp³-hybridized carbons (Fsp3) is 0.348. The third-order valence-electron chi connectivity index (χ3n) is 5.73. The monoisotopic (exact) mass is 440 g/mol. The Labute approximate surface area is 185 Å². The van der Waals surface area contributed by atoms with Gasteiger partial charge in [0.15, 0.2) is 5.82 Å². The van der Waals surface area contributed by atoms with Gasteiger partial charge < -0.3 is 10.4 Å². The highest BCUT2D eigenvalue weighted by atomic mass is 35.5. The highest BCUT2D eigenvalue weighted by molar-refractivity contribution is 6.33. The fourth-order valence-corrected chi connectivity index (χ4v) is 4.20. The first-order valence-corrected chi connectivity index (χ1v) is 10.9. The average Bonchev–Trinajstić information content (AvgIpc) is 2.98. The van der Waals surface area contributed by atoms with Crippen LogP contribution < -0.4 is 11.0 Å². The Morgan fingerprint density at radius 2 is 1.84 bits per heavy atom. The van der Waals surface area contributed by atoms with Crippen LogP contribution in [0.15, 0.2) is 53.3 Å². The first-order chi connectivity index (χ1) is 15.0. The van der Waals surface area contributed by atoms with Gasteiger partial charge in [-0.15, -0.1) is 5.10 Å². The zero-order valence-electron chi connectivity index (χ0n) is 17.1. The molecule has 1 unspecified atom stereocenters. The first-order valence-electron chi connectivity index (χ1n) is 10.6. The summed E-state index contributed by atoms with van der Waals surface area (Å²) in [7, 11) is 0. The first kappa shape index (κ1) is 21.3. The van der Waals surface area contributed by atoms with Gasteiger partial charge in [-0.2, -0.15) is 4.68 Å². The number of carbonyl (C=O) groups is 1. The summed E-state index contributed by atoms with van der Waals surface area (Å²) in [5.74, 6) is -0.0124. The summed E-state index contributed by atoms with van der Waals surface area (Å²) in [6.45, 7) is 0. The van der Waals surface area contributed by atoms with Crippen molar-refractivity contribution in [3.05, 3.63) is 69.6 Å². The number of aliphatic hydroxyl groups excluding tert-OH is 1. The normalized spacial score (nSPS) is 15.9. The van der Waals surface area contributed by atoms with Gasteiger partial charge in [0, 0.05) is 11.5 Å². The molecule has 162 valence electrons. The van der Waals surface area contributed by atoms with Crippen molar-refractivity contribution in [1.29, 1.82) is 0 Å². The molecule has 1 saturated carbocycles. The van der Waals surface area contributed by atoms with Gasteiger partial charge in [-0.3, -0.25) is 9.78 Å². The van der Waals surface area contributed by atoms with Crippen LogP contribution in [0.5, 0.6) is 0 Å². The summed E-state index contributed by atoms with van der Waals surface area (Å²) in [5.41, 5.74) is 0.938. The van der Waals surface area contributed by atoms with Crippen LogP contribution in [0.1, 0.15) is 48.9 Å². The molecule has 0 aliphatic heterocycles. The average molecular weight is 441 g/mol. The molecule has 3 N–H and O–H groups in total. The van der Waals surface area contributed by atoms with Crippen LogP contribution in [0.25, 0.3) is 17.1 Å². The molecule has 7 nitrogen and oxygen atoms in total. The highest BCUT2D eigenvalue weighted by Crippen LogP contribution is 2.26. The van der Waals surface area contributed by atoms with Gasteiger partial charge in [0.1, 0.15) is 6.23 Å². The molecule has 0 bridgehead atoms. The fourth-order valence-electron chi connectivity index (χ4n) is 4.00. The molecule has 2 aromatic carbocycles. The SMILES string of the molecule is O=C(NC(O)C1CCCCCC1)c1cc(-n2nc(-c3ccccc3)[nH]c2=O)ccc1Cl. The number of aromatic amines is 1. The molecular weight excluding hydrogens is 416 g/mol. The van der Waals surface area contributed by atoms with Gasteiger partial charge >= 0.3 is 5.69 Å². The summed E-state index contributed by atoms with van der Waals surface area (Å²) >= 11 is 6.26. The van der Waals surface area contributed by atoms with Crippen molar-refractivity contribution < 1.29 is 9.90 Å². The predicted molar refractivity (Wildman–Crippen MR) is 119 cm³/mol. The van der Waals surface area contributed by atoms with Crippen LogP contribution >= 0.6 is 11.6 Å². The third-order valence-corrected chi connectivity index (χ3v) is 6.06. The van der Waals surface area contributed by atoms with Crippen LogP contribution in [0.3, 0.4) is 0 Å². The molecule has 3 aromatic rings. The molecule has 1 atom stereocenters. The van der Waals surface area contributed by atoms with Crippen molar-refractivity contribution in [3.8, 4) is 17.1 Å². The number of amides is 1. The van der Waals surface area contributed by atoms with E-state index in [-0.39, 0.29) is 16.5 Å². The molecule has 1 aromatic heterocycles. The maximum Gasteiger partial charge on any atom is 0.348 e. The van der Waals surface area contributed by atoms with Crippen LogP contribution in [0.4, 0.5) is 0 Å². The van der Waals surface area contributed by atoms with E-state index in [0.29, 0.717) is 11.5 Å². The Hall–Kier alpha value is -2.90. The van der Waals surface area contributed by atoms with E-state index in [9.17, 15) is 14.7 Å². The minimum Gasteiger partial charge on any atom is -0.373 e. The number of hydrogen-bond donors (Lipinski definition) is 3. The number of aromatic nitrogens is 3. The van der Waals surface area contributed by atoms with E-state index in [0.717, 1.165) is 44.1 Å². The second-order valence-electron chi connectivity index (χ2n) is 7.89. The van der Waals surface area contributed by atoms with E-state index in [1.807, 2.05) is 30.3 Å². The molecule has 0 radical (unpaired) electrons. The maximum absolute atomic E-state index is 12.8. The highest BCUT2D eigenvalue weighted by Gasteiger charge is 2.24. The summed E-state index contributed by atoms with van der Waals surface area (Å²) in [6, 6.07) is 14.0. The number of halogens is 1. The number of carbonyl (C=O) groups excluding carboxylic acids is 1. The van der Waals surface area contributed by atoms with Crippen molar-refractivity contribution >= 4 is 17.5 Å². The number of hydrogen-bond acceptors (Lipinski definition) is 4. The molecule has 0 spiro atoms. The van der Waals surface area contributed by atoms with Crippen LogP contribution in [-0.2, 0) is 0 Å². The molecule has 1 amide bonds. The molecule has 1 heterocycles. The molecule has 8 heteroatoms. The summed E-state index contributed by atoms with van der Waals surface area (Å²) in [4.78, 5) is 28.0. The number of nitrogens with one attached hydrogen (secondary N) is 2. The minimum absolute atomic E-state index is 0.0378. The molecule has 31 heavy (non-hydrogen) atoms. The van der Waals surface area contributed by atoms with E-state index in [1.54, 1.807) is 12.1 Å². The van der Waals surface area contributed by atoms with Gasteiger partial charge in [0.05, 0.1) is 16.3 Å². The lowest BCUT2D eigenvalue weighted by Crippen LogP contribution is -2.40. The third kappa shape index (κ3) is 4.89. The van der Waals surface area contributed by atoms with Crippen molar-refractivity contribution in [2.75, 3.05) is 0 Å². The largest absolute Gasteiger partial charge is 0.373 e. The van der Waals surface area contributed by atoms with Gasteiger partial charge in [-0.1, -0.05) is 67.6 Å². The van der Waals surface area contributed by atoms with Gasteiger partial charge in [-0.05, 0) is 31.0 Å². The standard InChI is InChI=1S/C23H25ClN4O3/c24-19-13-12-17(28-23(31)25-20(27-28)15-8-6-3-7-9-15)14-18(19)22(30)26-21(29)16-10-4-1-2-5-11-16/h3,6-9,12-14,16,21,29H,1-2,4-5,10-11H2,(H,26,30)(H,25,27,31). The van der Waals surface area contributed by atoms with Gasteiger partial charge in [0.25, 0.3) is 5.91 Å². The van der Waals surface area contributed by atoms with Gasteiger partial charge in [-0.25, -0.2) is 4.79 Å². The van der Waals surface area contributed by atoms with Crippen molar-refractivity contribution in [2.45, 2.75) is 44.8 Å². The second-order valence-corrected chi connectivity index (χ2v) is 8.30. The lowest BCUT2D eigenvalue weighted by Gasteiger charge is -2.22. The van der Waals surface area contributed by atoms with E-state index >= 15 is 0 Å². The summed E-state index contributed by atoms with van der Waals surface area (Å²) < 4.78 is 1.19. The van der Waals surface area contributed by atoms with Crippen LogP contribution in [0, 0.1) is 5.92 Å². The number of rotatable bonds is 5. The number of aliphatic hydroxyl groups is 1. The van der Waals surface area contributed by atoms with Crippen LogP contribution in [0.2, 0.25) is 5.02 Å². The molecule has 1 fully saturated rings. The topological polar surface area (TPSA) is 100 Å². The lowest BCUT2D eigenvalue weighted by atomic mass is 9.98.